The molecular weight excluding hydrogens is 469 g/mol. The van der Waals surface area contributed by atoms with Crippen LogP contribution in [0.4, 0.5) is 0 Å². The smallest absolute Gasteiger partial charge is 0.273 e. The molecule has 32 heavy (non-hydrogen) atoms. The minimum atomic E-state index is -0.868. The third-order valence-corrected chi connectivity index (χ3v) is 8.06. The van der Waals surface area contributed by atoms with Crippen LogP contribution in [-0.4, -0.2) is 48.2 Å². The predicted octanol–water partition coefficient (Wildman–Crippen LogP) is 4.30. The fourth-order valence-electron chi connectivity index (χ4n) is 4.59. The van der Waals surface area contributed by atoms with E-state index in [1.54, 1.807) is 35.7 Å². The lowest BCUT2D eigenvalue weighted by Crippen LogP contribution is -2.44. The Balaban J connectivity index is 1.45. The standard InChI is InChI=1S/C22H23Cl2N5O2S/c1-12-9-18-15(11-28(12)21(30)14-3-4-16(23)17(24)10-14)19-22(31)27(6-7-29(19)26-18)13(2)20-25-5-8-32-20/h3-5,8,10,12-13,21,30H,6-7,9,11H2,1-2H3/t12-,13?,21?/m1/s1. The molecule has 2 unspecified atom stereocenters. The Kier molecular flexibility index (Phi) is 5.75. The monoisotopic (exact) mass is 491 g/mol. The zero-order valence-corrected chi connectivity index (χ0v) is 20.0. The van der Waals surface area contributed by atoms with Crippen LogP contribution in [0.2, 0.25) is 10.0 Å². The van der Waals surface area contributed by atoms with Gasteiger partial charge in [-0.3, -0.25) is 14.4 Å². The lowest BCUT2D eigenvalue weighted by atomic mass is 9.97. The summed E-state index contributed by atoms with van der Waals surface area (Å²) in [4.78, 5) is 21.8. The maximum atomic E-state index is 13.5. The van der Waals surface area contributed by atoms with Gasteiger partial charge in [0, 0.05) is 42.7 Å². The summed E-state index contributed by atoms with van der Waals surface area (Å²) in [5.41, 5.74) is 3.11. The molecule has 1 aromatic carbocycles. The lowest BCUT2D eigenvalue weighted by molar-refractivity contribution is -0.0348. The maximum absolute atomic E-state index is 13.5. The molecule has 0 aliphatic carbocycles. The van der Waals surface area contributed by atoms with Gasteiger partial charge in [-0.2, -0.15) is 5.10 Å². The summed E-state index contributed by atoms with van der Waals surface area (Å²) >= 11 is 13.8. The van der Waals surface area contributed by atoms with Crippen molar-refractivity contribution in [3.05, 3.63) is 67.3 Å². The Bertz CT molecular complexity index is 1170. The molecule has 2 aliphatic heterocycles. The Hall–Kier alpha value is -1.97. The first-order valence-electron chi connectivity index (χ1n) is 10.5. The molecule has 7 nitrogen and oxygen atoms in total. The second-order valence-corrected chi connectivity index (χ2v) is 10.1. The van der Waals surface area contributed by atoms with Crippen molar-refractivity contribution >= 4 is 40.4 Å². The highest BCUT2D eigenvalue weighted by Crippen LogP contribution is 2.36. The summed E-state index contributed by atoms with van der Waals surface area (Å²) in [5, 5.41) is 19.6. The summed E-state index contributed by atoms with van der Waals surface area (Å²) in [6, 6.07) is 5.10. The first-order valence-corrected chi connectivity index (χ1v) is 12.2. The molecule has 2 aliphatic rings. The van der Waals surface area contributed by atoms with E-state index in [0.717, 1.165) is 16.3 Å². The molecule has 4 heterocycles. The molecule has 0 saturated carbocycles. The van der Waals surface area contributed by atoms with Crippen molar-refractivity contribution in [1.82, 2.24) is 24.6 Å². The number of fused-ring (bicyclic) bond motifs is 3. The van der Waals surface area contributed by atoms with Crippen molar-refractivity contribution in [2.45, 2.75) is 51.7 Å². The topological polar surface area (TPSA) is 74.5 Å². The third kappa shape index (κ3) is 3.64. The van der Waals surface area contributed by atoms with Crippen LogP contribution in [0.1, 0.15) is 58.4 Å². The molecule has 2 aromatic heterocycles. The van der Waals surface area contributed by atoms with E-state index >= 15 is 0 Å². The molecule has 0 spiro atoms. The fourth-order valence-corrected chi connectivity index (χ4v) is 5.60. The van der Waals surface area contributed by atoms with Gasteiger partial charge in [-0.05, 0) is 31.5 Å². The summed E-state index contributed by atoms with van der Waals surface area (Å²) in [6.45, 7) is 5.74. The second kappa shape index (κ2) is 8.43. The molecule has 168 valence electrons. The zero-order chi connectivity index (χ0) is 22.6. The largest absolute Gasteiger partial charge is 0.374 e. The number of aliphatic hydroxyl groups is 1. The van der Waals surface area contributed by atoms with Gasteiger partial charge in [0.25, 0.3) is 5.91 Å². The molecule has 3 atom stereocenters. The molecule has 0 radical (unpaired) electrons. The van der Waals surface area contributed by atoms with Crippen LogP contribution in [0.3, 0.4) is 0 Å². The highest BCUT2D eigenvalue weighted by Gasteiger charge is 2.39. The number of amides is 1. The summed E-state index contributed by atoms with van der Waals surface area (Å²) < 4.78 is 1.83. The number of halogens is 2. The van der Waals surface area contributed by atoms with Crippen molar-refractivity contribution in [3.8, 4) is 0 Å². The molecule has 0 saturated heterocycles. The predicted molar refractivity (Wildman–Crippen MR) is 124 cm³/mol. The van der Waals surface area contributed by atoms with Gasteiger partial charge in [0.05, 0.1) is 28.3 Å². The van der Waals surface area contributed by atoms with Gasteiger partial charge in [0.1, 0.15) is 16.9 Å². The Morgan fingerprint density at radius 3 is 2.78 bits per heavy atom. The van der Waals surface area contributed by atoms with E-state index in [0.29, 0.717) is 47.4 Å². The highest BCUT2D eigenvalue weighted by molar-refractivity contribution is 7.09. The van der Waals surface area contributed by atoms with Gasteiger partial charge >= 0.3 is 0 Å². The van der Waals surface area contributed by atoms with Crippen molar-refractivity contribution in [1.29, 1.82) is 0 Å². The van der Waals surface area contributed by atoms with Crippen molar-refractivity contribution in [3.63, 3.8) is 0 Å². The molecule has 10 heteroatoms. The van der Waals surface area contributed by atoms with Crippen LogP contribution in [0, 0.1) is 0 Å². The minimum Gasteiger partial charge on any atom is -0.374 e. The number of nitrogens with zero attached hydrogens (tertiary/aromatic N) is 5. The average molecular weight is 492 g/mol. The number of aromatic nitrogens is 3. The highest BCUT2D eigenvalue weighted by atomic mass is 35.5. The van der Waals surface area contributed by atoms with Crippen LogP contribution >= 0.6 is 34.5 Å². The van der Waals surface area contributed by atoms with Crippen molar-refractivity contribution in [2.24, 2.45) is 0 Å². The van der Waals surface area contributed by atoms with Gasteiger partial charge < -0.3 is 10.0 Å². The van der Waals surface area contributed by atoms with E-state index in [1.165, 1.54) is 0 Å². The average Bonchev–Trinajstić information content (AvgIpc) is 3.42. The summed E-state index contributed by atoms with van der Waals surface area (Å²) in [7, 11) is 0. The molecule has 3 aromatic rings. The van der Waals surface area contributed by atoms with E-state index in [4.69, 9.17) is 28.3 Å². The minimum absolute atomic E-state index is 0.0359. The van der Waals surface area contributed by atoms with Gasteiger partial charge in [0.2, 0.25) is 0 Å². The molecule has 0 fully saturated rings. The number of benzene rings is 1. The number of carbonyl (C=O) groups is 1. The van der Waals surface area contributed by atoms with E-state index < -0.39 is 6.23 Å². The number of aliphatic hydroxyl groups excluding tert-OH is 1. The van der Waals surface area contributed by atoms with Crippen LogP contribution in [0.15, 0.2) is 29.8 Å². The van der Waals surface area contributed by atoms with Gasteiger partial charge in [-0.1, -0.05) is 29.3 Å². The van der Waals surface area contributed by atoms with E-state index in [-0.39, 0.29) is 18.0 Å². The molecule has 1 N–H and O–H groups in total. The lowest BCUT2D eigenvalue weighted by Gasteiger charge is -2.37. The number of rotatable bonds is 4. The van der Waals surface area contributed by atoms with E-state index in [1.807, 2.05) is 26.8 Å². The first kappa shape index (κ1) is 21.9. The van der Waals surface area contributed by atoms with Crippen molar-refractivity contribution < 1.29 is 9.90 Å². The van der Waals surface area contributed by atoms with Gasteiger partial charge in [-0.15, -0.1) is 11.3 Å². The van der Waals surface area contributed by atoms with Crippen LogP contribution in [-0.2, 0) is 19.5 Å². The molecule has 5 rings (SSSR count). The first-order chi connectivity index (χ1) is 15.3. The summed E-state index contributed by atoms with van der Waals surface area (Å²) in [6.07, 6.45) is 1.55. The quantitative estimate of drug-likeness (QED) is 0.588. The number of thiazole rings is 1. The van der Waals surface area contributed by atoms with E-state index in [2.05, 4.69) is 11.9 Å². The SMILES string of the molecule is CC(c1nccs1)N1CCn2nc3c(c2C1=O)CN(C(O)c1ccc(Cl)c(Cl)c1)[C@H](C)C3. The fraction of sp³-hybridized carbons (Fsp3) is 0.409. The number of hydrogen-bond acceptors (Lipinski definition) is 6. The van der Waals surface area contributed by atoms with Crippen molar-refractivity contribution in [2.75, 3.05) is 6.54 Å². The molecule has 1 amide bonds. The molecular formula is C22H23Cl2N5O2S. The van der Waals surface area contributed by atoms with Gasteiger partial charge in [-0.25, -0.2) is 4.98 Å². The number of hydrogen-bond donors (Lipinski definition) is 1. The van der Waals surface area contributed by atoms with Crippen LogP contribution in [0.5, 0.6) is 0 Å². The summed E-state index contributed by atoms with van der Waals surface area (Å²) in [5.74, 6) is -0.0359. The van der Waals surface area contributed by atoms with E-state index in [9.17, 15) is 9.90 Å². The maximum Gasteiger partial charge on any atom is 0.273 e. The van der Waals surface area contributed by atoms with Crippen LogP contribution in [0.25, 0.3) is 0 Å². The Morgan fingerprint density at radius 2 is 2.06 bits per heavy atom. The molecule has 0 bridgehead atoms. The second-order valence-electron chi connectivity index (χ2n) is 8.31. The number of carbonyl (C=O) groups excluding carboxylic acids is 1. The zero-order valence-electron chi connectivity index (χ0n) is 17.7. The normalized spacial score (nSPS) is 20.7. The third-order valence-electron chi connectivity index (χ3n) is 6.38. The van der Waals surface area contributed by atoms with Crippen LogP contribution < -0.4 is 0 Å². The van der Waals surface area contributed by atoms with Gasteiger partial charge in [0.15, 0.2) is 0 Å². The Labute approximate surface area is 200 Å². The Morgan fingerprint density at radius 1 is 1.25 bits per heavy atom.